The largest absolute Gasteiger partial charge is 0.463 e. The van der Waals surface area contributed by atoms with Crippen LogP contribution < -0.4 is 0 Å². The fourth-order valence-electron chi connectivity index (χ4n) is 5.95. The molecular weight excluding hydrogens is 548 g/mol. The van der Waals surface area contributed by atoms with Crippen LogP contribution in [0.3, 0.4) is 0 Å². The number of ether oxygens (including phenoxy) is 2. The summed E-state index contributed by atoms with van der Waals surface area (Å²) in [4.78, 5) is 31.6. The first kappa shape index (κ1) is 31.2. The molecule has 6 nitrogen and oxygen atoms in total. The Labute approximate surface area is 261 Å². The minimum absolute atomic E-state index is 0.242. The second-order valence-corrected chi connectivity index (χ2v) is 11.7. The number of rotatable bonds is 12. The van der Waals surface area contributed by atoms with Crippen molar-refractivity contribution >= 4 is 11.9 Å². The maximum Gasteiger partial charge on any atom is 0.320 e. The monoisotopic (exact) mass is 590 g/mol. The van der Waals surface area contributed by atoms with Gasteiger partial charge in [-0.1, -0.05) is 121 Å². The van der Waals surface area contributed by atoms with Crippen molar-refractivity contribution in [2.24, 2.45) is 0 Å². The van der Waals surface area contributed by atoms with Gasteiger partial charge in [0.1, 0.15) is 24.0 Å². The molecule has 0 aromatic heterocycles. The zero-order chi connectivity index (χ0) is 30.8. The normalized spacial score (nSPS) is 14.6. The highest BCUT2D eigenvalue weighted by Crippen LogP contribution is 2.34. The third kappa shape index (κ3) is 6.93. The molecule has 6 heteroatoms. The molecule has 1 heterocycles. The summed E-state index contributed by atoms with van der Waals surface area (Å²) in [7, 11) is 0. The molecule has 0 atom stereocenters. The van der Waals surface area contributed by atoms with Gasteiger partial charge < -0.3 is 9.47 Å². The van der Waals surface area contributed by atoms with E-state index in [1.54, 1.807) is 0 Å². The van der Waals surface area contributed by atoms with E-state index in [4.69, 9.17) is 9.47 Å². The molecule has 0 aliphatic carbocycles. The predicted octanol–water partition coefficient (Wildman–Crippen LogP) is 5.70. The first-order chi connectivity index (χ1) is 21.4. The van der Waals surface area contributed by atoms with Gasteiger partial charge in [-0.3, -0.25) is 19.4 Å². The van der Waals surface area contributed by atoms with Crippen LogP contribution in [0.1, 0.15) is 36.1 Å². The lowest BCUT2D eigenvalue weighted by Gasteiger charge is -2.35. The Morgan fingerprint density at radius 3 is 1.00 bits per heavy atom. The van der Waals surface area contributed by atoms with Crippen molar-refractivity contribution in [1.29, 1.82) is 0 Å². The second-order valence-electron chi connectivity index (χ2n) is 11.7. The molecule has 1 saturated heterocycles. The van der Waals surface area contributed by atoms with E-state index in [-0.39, 0.29) is 11.9 Å². The van der Waals surface area contributed by atoms with Crippen LogP contribution in [0.2, 0.25) is 0 Å². The fourth-order valence-corrected chi connectivity index (χ4v) is 5.95. The molecule has 0 bridgehead atoms. The van der Waals surface area contributed by atoms with Crippen molar-refractivity contribution in [2.45, 2.75) is 24.7 Å². The average Bonchev–Trinajstić information content (AvgIpc) is 3.09. The first-order valence-corrected chi connectivity index (χ1v) is 15.4. The molecule has 1 aliphatic rings. The Morgan fingerprint density at radius 1 is 0.500 bits per heavy atom. The highest BCUT2D eigenvalue weighted by Gasteiger charge is 2.40. The molecule has 0 unspecified atom stereocenters. The molecule has 1 aliphatic heterocycles. The van der Waals surface area contributed by atoms with Crippen molar-refractivity contribution in [2.75, 3.05) is 52.5 Å². The van der Waals surface area contributed by atoms with E-state index in [1.165, 1.54) is 0 Å². The lowest BCUT2D eigenvalue weighted by Crippen LogP contribution is -2.48. The number of esters is 2. The van der Waals surface area contributed by atoms with Gasteiger partial charge in [-0.05, 0) is 36.1 Å². The molecule has 0 radical (unpaired) electrons. The molecule has 5 rings (SSSR count). The summed E-state index contributed by atoms with van der Waals surface area (Å²) in [6, 6.07) is 39.3. The van der Waals surface area contributed by atoms with Gasteiger partial charge in [-0.25, -0.2) is 0 Å². The van der Waals surface area contributed by atoms with Gasteiger partial charge in [0.2, 0.25) is 0 Å². The molecule has 4 aromatic rings. The third-order valence-corrected chi connectivity index (χ3v) is 8.97. The maximum atomic E-state index is 13.5. The molecule has 228 valence electrons. The van der Waals surface area contributed by atoms with Gasteiger partial charge in [-0.15, -0.1) is 0 Å². The van der Waals surface area contributed by atoms with Crippen molar-refractivity contribution in [1.82, 2.24) is 9.80 Å². The van der Waals surface area contributed by atoms with Crippen LogP contribution >= 0.6 is 0 Å². The van der Waals surface area contributed by atoms with Crippen LogP contribution in [-0.2, 0) is 29.9 Å². The van der Waals surface area contributed by atoms with Crippen molar-refractivity contribution in [3.63, 3.8) is 0 Å². The Hall–Kier alpha value is -4.26. The van der Waals surface area contributed by atoms with Crippen LogP contribution in [0, 0.1) is 0 Å². The molecule has 44 heavy (non-hydrogen) atoms. The Balaban J connectivity index is 1.09. The highest BCUT2D eigenvalue weighted by atomic mass is 16.5. The predicted molar refractivity (Wildman–Crippen MR) is 173 cm³/mol. The second kappa shape index (κ2) is 14.5. The number of nitrogens with zero attached hydrogens (tertiary/aromatic N) is 2. The molecule has 0 N–H and O–H groups in total. The Morgan fingerprint density at radius 2 is 0.750 bits per heavy atom. The summed E-state index contributed by atoms with van der Waals surface area (Å²) in [6.45, 7) is 9.38. The zero-order valence-corrected chi connectivity index (χ0v) is 25.7. The Bertz CT molecular complexity index is 1280. The van der Waals surface area contributed by atoms with E-state index in [2.05, 4.69) is 9.80 Å². The fraction of sp³-hybridized carbons (Fsp3) is 0.316. The topological polar surface area (TPSA) is 59.1 Å². The highest BCUT2D eigenvalue weighted by molar-refractivity contribution is 5.88. The smallest absolute Gasteiger partial charge is 0.320 e. The van der Waals surface area contributed by atoms with Crippen LogP contribution in [0.4, 0.5) is 0 Å². The van der Waals surface area contributed by atoms with Gasteiger partial charge in [-0.2, -0.15) is 0 Å². The zero-order valence-electron chi connectivity index (χ0n) is 25.7. The summed E-state index contributed by atoms with van der Waals surface area (Å²) in [5.74, 6) is -0.485. The average molecular weight is 591 g/mol. The maximum absolute atomic E-state index is 13.5. The minimum atomic E-state index is -0.879. The number of carbonyl (C=O) groups is 2. The van der Waals surface area contributed by atoms with Gasteiger partial charge in [0.05, 0.1) is 0 Å². The summed E-state index contributed by atoms with van der Waals surface area (Å²) in [5, 5.41) is 0. The number of hydrogen-bond acceptors (Lipinski definition) is 6. The van der Waals surface area contributed by atoms with Gasteiger partial charge in [0.25, 0.3) is 0 Å². The number of benzene rings is 4. The van der Waals surface area contributed by atoms with Crippen LogP contribution in [0.5, 0.6) is 0 Å². The van der Waals surface area contributed by atoms with Gasteiger partial charge in [0.15, 0.2) is 0 Å². The first-order valence-electron chi connectivity index (χ1n) is 15.4. The van der Waals surface area contributed by atoms with E-state index in [9.17, 15) is 9.59 Å². The van der Waals surface area contributed by atoms with E-state index < -0.39 is 10.8 Å². The van der Waals surface area contributed by atoms with Crippen molar-refractivity contribution < 1.29 is 19.1 Å². The lowest BCUT2D eigenvalue weighted by atomic mass is 9.76. The minimum Gasteiger partial charge on any atom is -0.463 e. The summed E-state index contributed by atoms with van der Waals surface area (Å²) in [6.07, 6.45) is 0. The van der Waals surface area contributed by atoms with Crippen molar-refractivity contribution in [3.8, 4) is 0 Å². The lowest BCUT2D eigenvalue weighted by molar-refractivity contribution is -0.150. The van der Waals surface area contributed by atoms with Gasteiger partial charge >= 0.3 is 11.9 Å². The van der Waals surface area contributed by atoms with E-state index in [0.717, 1.165) is 48.4 Å². The summed E-state index contributed by atoms with van der Waals surface area (Å²) in [5.41, 5.74) is 1.90. The summed E-state index contributed by atoms with van der Waals surface area (Å²) >= 11 is 0. The quantitative estimate of drug-likeness (QED) is 0.197. The van der Waals surface area contributed by atoms with Crippen LogP contribution in [0.25, 0.3) is 0 Å². The number of carbonyl (C=O) groups excluding carboxylic acids is 2. The molecule has 0 amide bonds. The van der Waals surface area contributed by atoms with E-state index in [1.807, 2.05) is 135 Å². The molecule has 0 spiro atoms. The van der Waals surface area contributed by atoms with E-state index >= 15 is 0 Å². The molecular formula is C38H42N2O4. The molecule has 1 fully saturated rings. The van der Waals surface area contributed by atoms with Crippen molar-refractivity contribution in [3.05, 3.63) is 144 Å². The number of piperazine rings is 1. The van der Waals surface area contributed by atoms with Gasteiger partial charge in [0, 0.05) is 39.3 Å². The Kier molecular flexibility index (Phi) is 10.3. The molecule has 4 aromatic carbocycles. The summed E-state index contributed by atoms with van der Waals surface area (Å²) < 4.78 is 11.8. The van der Waals surface area contributed by atoms with Crippen LogP contribution in [0.15, 0.2) is 121 Å². The number of hydrogen-bond donors (Lipinski definition) is 0. The van der Waals surface area contributed by atoms with Crippen LogP contribution in [-0.4, -0.2) is 74.2 Å². The molecule has 0 saturated carbocycles. The third-order valence-electron chi connectivity index (χ3n) is 8.97. The van der Waals surface area contributed by atoms with E-state index in [0.29, 0.717) is 26.3 Å². The standard InChI is InChI=1S/C38H42N2O4/c1-37(31-15-7-3-8-16-31,32-17-9-4-10-18-32)35(41)43-29-27-39-23-25-40(26-24-39)28-30-44-36(42)38(2,33-19-11-5-12-20-33)34-21-13-6-14-22-34/h3-22H,23-30H2,1-2H3. The SMILES string of the molecule is CC(C(=O)OCCN1CCN(CCOC(=O)C(C)(c2ccccc2)c2ccccc2)CC1)(c1ccccc1)c1ccccc1.